The number of hydrogen-bond donors (Lipinski definition) is 2. The molecule has 88 valence electrons. The van der Waals surface area contributed by atoms with E-state index in [9.17, 15) is 4.79 Å². The standard InChI is InChI=1S/C11H17N3O2/c1-8-7-9(5-6-14(8)12)13-10(15)16-11(2,3)4/h5-7H,12H2,1-4H3/p+1. The minimum Gasteiger partial charge on any atom is -0.444 e. The van der Waals surface area contributed by atoms with Crippen LogP contribution in [0.1, 0.15) is 26.5 Å². The van der Waals surface area contributed by atoms with Gasteiger partial charge in [0.05, 0.1) is 5.69 Å². The summed E-state index contributed by atoms with van der Waals surface area (Å²) in [6, 6.07) is 3.47. The molecule has 3 N–H and O–H groups in total. The molecule has 1 amide bonds. The third-order valence-electron chi connectivity index (χ3n) is 1.83. The molecular formula is C11H18N3O2+. The topological polar surface area (TPSA) is 68.2 Å². The Morgan fingerprint density at radius 2 is 2.12 bits per heavy atom. The van der Waals surface area contributed by atoms with Crippen LogP contribution in [0.4, 0.5) is 10.5 Å². The Labute approximate surface area is 95.2 Å². The van der Waals surface area contributed by atoms with Crippen LogP contribution in [-0.4, -0.2) is 11.7 Å². The number of rotatable bonds is 1. The molecule has 0 radical (unpaired) electrons. The molecule has 0 saturated heterocycles. The van der Waals surface area contributed by atoms with Gasteiger partial charge in [0.1, 0.15) is 5.60 Å². The highest BCUT2D eigenvalue weighted by molar-refractivity contribution is 5.84. The number of carbonyl (C=O) groups excluding carboxylic acids is 1. The van der Waals surface area contributed by atoms with Crippen molar-refractivity contribution in [1.82, 2.24) is 0 Å². The zero-order valence-corrected chi connectivity index (χ0v) is 10.1. The Morgan fingerprint density at radius 3 is 2.62 bits per heavy atom. The van der Waals surface area contributed by atoms with Crippen LogP contribution in [0, 0.1) is 6.92 Å². The highest BCUT2D eigenvalue weighted by Crippen LogP contribution is 2.11. The molecule has 1 heterocycles. The number of nitrogen functional groups attached to an aromatic ring is 1. The van der Waals surface area contributed by atoms with E-state index in [2.05, 4.69) is 5.32 Å². The number of nitrogens with zero attached hydrogens (tertiary/aromatic N) is 1. The monoisotopic (exact) mass is 224 g/mol. The van der Waals surface area contributed by atoms with Gasteiger partial charge in [-0.05, 0) is 20.8 Å². The summed E-state index contributed by atoms with van der Waals surface area (Å²) >= 11 is 0. The second kappa shape index (κ2) is 4.38. The fraction of sp³-hybridized carbons (Fsp3) is 0.455. The molecule has 0 unspecified atom stereocenters. The Morgan fingerprint density at radius 1 is 1.50 bits per heavy atom. The second-order valence-corrected chi connectivity index (χ2v) is 4.59. The number of aromatic nitrogens is 1. The quantitative estimate of drug-likeness (QED) is 0.558. The van der Waals surface area contributed by atoms with Crippen LogP contribution < -0.4 is 15.8 Å². The number of amides is 1. The number of anilines is 1. The molecule has 16 heavy (non-hydrogen) atoms. The molecule has 0 aliphatic heterocycles. The molecule has 5 heteroatoms. The second-order valence-electron chi connectivity index (χ2n) is 4.59. The molecule has 0 bridgehead atoms. The van der Waals surface area contributed by atoms with E-state index in [-0.39, 0.29) is 0 Å². The van der Waals surface area contributed by atoms with Crippen LogP contribution in [0.25, 0.3) is 0 Å². The van der Waals surface area contributed by atoms with Gasteiger partial charge in [-0.3, -0.25) is 5.32 Å². The Kier molecular flexibility index (Phi) is 3.37. The average Bonchev–Trinajstić information content (AvgIpc) is 2.08. The first kappa shape index (κ1) is 12.3. The zero-order valence-electron chi connectivity index (χ0n) is 10.1. The van der Waals surface area contributed by atoms with Gasteiger partial charge in [-0.15, -0.1) is 0 Å². The van der Waals surface area contributed by atoms with Crippen LogP contribution in [0.5, 0.6) is 0 Å². The van der Waals surface area contributed by atoms with Crippen molar-refractivity contribution in [2.75, 3.05) is 11.2 Å². The Bertz CT molecular complexity index is 397. The Balaban J connectivity index is 2.67. The maximum Gasteiger partial charge on any atom is 0.412 e. The summed E-state index contributed by atoms with van der Waals surface area (Å²) in [7, 11) is 0. The smallest absolute Gasteiger partial charge is 0.412 e. The highest BCUT2D eigenvalue weighted by Gasteiger charge is 2.16. The summed E-state index contributed by atoms with van der Waals surface area (Å²) in [5.41, 5.74) is 1.00. The lowest BCUT2D eigenvalue weighted by Crippen LogP contribution is -2.46. The Hall–Kier alpha value is -1.78. The lowest BCUT2D eigenvalue weighted by molar-refractivity contribution is -0.645. The fourth-order valence-corrected chi connectivity index (χ4v) is 1.13. The van der Waals surface area contributed by atoms with Crippen LogP contribution in [-0.2, 0) is 4.74 Å². The molecule has 0 aliphatic rings. The summed E-state index contributed by atoms with van der Waals surface area (Å²) in [5, 5.41) is 2.64. The lowest BCUT2D eigenvalue weighted by Gasteiger charge is -2.19. The summed E-state index contributed by atoms with van der Waals surface area (Å²) in [6.45, 7) is 7.30. The number of pyridine rings is 1. The van der Waals surface area contributed by atoms with Gasteiger partial charge < -0.3 is 4.74 Å². The minimum atomic E-state index is -0.498. The van der Waals surface area contributed by atoms with Gasteiger partial charge in [0.15, 0.2) is 0 Å². The van der Waals surface area contributed by atoms with Gasteiger partial charge >= 0.3 is 6.09 Å². The minimum absolute atomic E-state index is 0.471. The first-order valence-corrected chi connectivity index (χ1v) is 5.05. The molecular weight excluding hydrogens is 206 g/mol. The SMILES string of the molecule is Cc1cc(NC(=O)OC(C)(C)C)cc[n+]1N. The molecule has 1 aromatic rings. The third-order valence-corrected chi connectivity index (χ3v) is 1.83. The predicted octanol–water partition coefficient (Wildman–Crippen LogP) is 1.34. The molecule has 0 spiro atoms. The molecule has 0 saturated carbocycles. The molecule has 0 atom stereocenters. The summed E-state index contributed by atoms with van der Waals surface area (Å²) in [6.07, 6.45) is 1.20. The van der Waals surface area contributed by atoms with E-state index in [4.69, 9.17) is 10.6 Å². The summed E-state index contributed by atoms with van der Waals surface area (Å²) < 4.78 is 6.60. The van der Waals surface area contributed by atoms with Crippen molar-refractivity contribution in [2.45, 2.75) is 33.3 Å². The van der Waals surface area contributed by atoms with E-state index in [1.807, 2.05) is 27.7 Å². The third kappa shape index (κ3) is 3.76. The molecule has 0 aliphatic carbocycles. The number of nitrogens with two attached hydrogens (primary N) is 1. The van der Waals surface area contributed by atoms with Crippen molar-refractivity contribution in [3.8, 4) is 0 Å². The number of hydrogen-bond acceptors (Lipinski definition) is 3. The molecule has 0 aromatic carbocycles. The van der Waals surface area contributed by atoms with E-state index in [0.717, 1.165) is 5.69 Å². The predicted molar refractivity (Wildman–Crippen MR) is 61.4 cm³/mol. The average molecular weight is 224 g/mol. The largest absolute Gasteiger partial charge is 0.444 e. The van der Waals surface area contributed by atoms with Gasteiger partial charge in [0.25, 0.3) is 0 Å². The van der Waals surface area contributed by atoms with Gasteiger partial charge in [-0.1, -0.05) is 4.68 Å². The first-order chi connectivity index (χ1) is 7.28. The maximum atomic E-state index is 11.5. The van der Waals surface area contributed by atoms with E-state index in [1.54, 1.807) is 18.3 Å². The van der Waals surface area contributed by atoms with Crippen molar-refractivity contribution in [3.63, 3.8) is 0 Å². The number of nitrogens with one attached hydrogen (secondary N) is 1. The van der Waals surface area contributed by atoms with Gasteiger partial charge in [0, 0.05) is 19.1 Å². The van der Waals surface area contributed by atoms with Gasteiger partial charge in [-0.25, -0.2) is 10.6 Å². The number of ether oxygens (including phenoxy) is 1. The van der Waals surface area contributed by atoms with E-state index < -0.39 is 11.7 Å². The normalized spacial score (nSPS) is 11.0. The maximum absolute atomic E-state index is 11.5. The molecule has 5 nitrogen and oxygen atoms in total. The van der Waals surface area contributed by atoms with Gasteiger partial charge in [0.2, 0.25) is 11.9 Å². The fourth-order valence-electron chi connectivity index (χ4n) is 1.13. The first-order valence-electron chi connectivity index (χ1n) is 5.05. The van der Waals surface area contributed by atoms with Crippen molar-refractivity contribution in [1.29, 1.82) is 0 Å². The molecule has 1 rings (SSSR count). The van der Waals surface area contributed by atoms with Crippen LogP contribution in [0.15, 0.2) is 18.3 Å². The van der Waals surface area contributed by atoms with E-state index >= 15 is 0 Å². The number of carbonyl (C=O) groups is 1. The van der Waals surface area contributed by atoms with Crippen LogP contribution in [0.3, 0.4) is 0 Å². The van der Waals surface area contributed by atoms with Crippen molar-refractivity contribution < 1.29 is 14.2 Å². The summed E-state index contributed by atoms with van der Waals surface area (Å²) in [5.74, 6) is 5.59. The summed E-state index contributed by atoms with van der Waals surface area (Å²) in [4.78, 5) is 11.5. The lowest BCUT2D eigenvalue weighted by atomic mass is 10.2. The van der Waals surface area contributed by atoms with Crippen molar-refractivity contribution in [2.24, 2.45) is 0 Å². The zero-order chi connectivity index (χ0) is 12.3. The number of aryl methyl sites for hydroxylation is 1. The van der Waals surface area contributed by atoms with Crippen LogP contribution >= 0.6 is 0 Å². The highest BCUT2D eigenvalue weighted by atomic mass is 16.6. The van der Waals surface area contributed by atoms with Crippen LogP contribution in [0.2, 0.25) is 0 Å². The van der Waals surface area contributed by atoms with Gasteiger partial charge in [-0.2, -0.15) is 0 Å². The molecule has 1 aromatic heterocycles. The van der Waals surface area contributed by atoms with E-state index in [0.29, 0.717) is 5.69 Å². The molecule has 0 fully saturated rings. The van der Waals surface area contributed by atoms with Crippen molar-refractivity contribution in [3.05, 3.63) is 24.0 Å². The van der Waals surface area contributed by atoms with E-state index in [1.165, 1.54) is 4.68 Å². The van der Waals surface area contributed by atoms with Crippen molar-refractivity contribution >= 4 is 11.8 Å².